The van der Waals surface area contributed by atoms with E-state index in [4.69, 9.17) is 4.42 Å². The largest absolute Gasteiger partial charge is 0.469 e. The molecule has 1 aliphatic rings. The fourth-order valence-corrected chi connectivity index (χ4v) is 2.53. The van der Waals surface area contributed by atoms with Gasteiger partial charge in [0.1, 0.15) is 5.76 Å². The third-order valence-electron chi connectivity index (χ3n) is 3.55. The number of nitrogens with one attached hydrogen (secondary N) is 1. The fourth-order valence-electron chi connectivity index (χ4n) is 2.53. The normalized spacial score (nSPS) is 18.6. The van der Waals surface area contributed by atoms with E-state index in [9.17, 15) is 0 Å². The van der Waals surface area contributed by atoms with Crippen LogP contribution in [0.1, 0.15) is 41.5 Å². The SMILES string of the molecule is Cc1ccc(CNC2CCCc3occc32)nc1. The van der Waals surface area contributed by atoms with Gasteiger partial charge < -0.3 is 9.73 Å². The van der Waals surface area contributed by atoms with Crippen molar-refractivity contribution in [3.05, 3.63) is 53.2 Å². The molecule has 3 rings (SSSR count). The van der Waals surface area contributed by atoms with Crippen LogP contribution in [0.2, 0.25) is 0 Å². The molecule has 1 unspecified atom stereocenters. The molecule has 0 amide bonds. The van der Waals surface area contributed by atoms with Crippen molar-refractivity contribution < 1.29 is 4.42 Å². The van der Waals surface area contributed by atoms with Gasteiger partial charge >= 0.3 is 0 Å². The third kappa shape index (κ3) is 2.31. The second-order valence-electron chi connectivity index (χ2n) is 4.95. The summed E-state index contributed by atoms with van der Waals surface area (Å²) in [4.78, 5) is 4.42. The maximum absolute atomic E-state index is 5.50. The highest BCUT2D eigenvalue weighted by Gasteiger charge is 2.21. The average molecular weight is 242 g/mol. The molecule has 94 valence electrons. The number of nitrogens with zero attached hydrogens (tertiary/aromatic N) is 1. The summed E-state index contributed by atoms with van der Waals surface area (Å²) in [5, 5.41) is 3.58. The molecule has 1 aliphatic carbocycles. The Morgan fingerprint density at radius 3 is 3.17 bits per heavy atom. The van der Waals surface area contributed by atoms with Crippen molar-refractivity contribution in [1.82, 2.24) is 10.3 Å². The highest BCUT2D eigenvalue weighted by molar-refractivity contribution is 5.24. The van der Waals surface area contributed by atoms with E-state index in [0.717, 1.165) is 24.4 Å². The lowest BCUT2D eigenvalue weighted by atomic mass is 9.93. The van der Waals surface area contributed by atoms with Crippen LogP contribution in [0.5, 0.6) is 0 Å². The molecule has 0 spiro atoms. The lowest BCUT2D eigenvalue weighted by molar-refractivity contribution is 0.409. The molecule has 2 aromatic rings. The van der Waals surface area contributed by atoms with Crippen LogP contribution >= 0.6 is 0 Å². The van der Waals surface area contributed by atoms with Crippen molar-refractivity contribution in [2.45, 2.75) is 38.8 Å². The molecule has 2 aromatic heterocycles. The number of pyridine rings is 1. The Kier molecular flexibility index (Phi) is 3.15. The zero-order valence-electron chi connectivity index (χ0n) is 10.6. The molecule has 2 heterocycles. The molecule has 0 saturated carbocycles. The number of aromatic nitrogens is 1. The Bertz CT molecular complexity index is 516. The fraction of sp³-hybridized carbons (Fsp3) is 0.400. The minimum Gasteiger partial charge on any atom is -0.469 e. The minimum absolute atomic E-state index is 0.413. The van der Waals surface area contributed by atoms with E-state index >= 15 is 0 Å². The molecule has 0 radical (unpaired) electrons. The Hall–Kier alpha value is -1.61. The van der Waals surface area contributed by atoms with Gasteiger partial charge in [-0.3, -0.25) is 4.98 Å². The summed E-state index contributed by atoms with van der Waals surface area (Å²) in [7, 11) is 0. The van der Waals surface area contributed by atoms with Gasteiger partial charge in [-0.05, 0) is 37.5 Å². The first-order chi connectivity index (χ1) is 8.83. The van der Waals surface area contributed by atoms with Crippen LogP contribution in [0.25, 0.3) is 0 Å². The number of fused-ring (bicyclic) bond motifs is 1. The molecule has 3 nitrogen and oxygen atoms in total. The van der Waals surface area contributed by atoms with Gasteiger partial charge in [0.25, 0.3) is 0 Å². The summed E-state index contributed by atoms with van der Waals surface area (Å²) in [6.07, 6.45) is 7.16. The van der Waals surface area contributed by atoms with Crippen LogP contribution in [0, 0.1) is 6.92 Å². The van der Waals surface area contributed by atoms with Gasteiger partial charge in [-0.2, -0.15) is 0 Å². The van der Waals surface area contributed by atoms with Gasteiger partial charge in [0.15, 0.2) is 0 Å². The monoisotopic (exact) mass is 242 g/mol. The third-order valence-corrected chi connectivity index (χ3v) is 3.55. The van der Waals surface area contributed by atoms with Crippen molar-refractivity contribution in [2.75, 3.05) is 0 Å². The first kappa shape index (κ1) is 11.5. The summed E-state index contributed by atoms with van der Waals surface area (Å²) < 4.78 is 5.50. The summed E-state index contributed by atoms with van der Waals surface area (Å²) in [5.74, 6) is 1.15. The molecule has 3 heteroatoms. The molecular formula is C15H18N2O. The van der Waals surface area contributed by atoms with E-state index in [2.05, 4.69) is 35.4 Å². The van der Waals surface area contributed by atoms with E-state index in [0.29, 0.717) is 6.04 Å². The highest BCUT2D eigenvalue weighted by atomic mass is 16.3. The first-order valence-corrected chi connectivity index (χ1v) is 6.54. The van der Waals surface area contributed by atoms with E-state index < -0.39 is 0 Å². The van der Waals surface area contributed by atoms with Crippen LogP contribution in [0.15, 0.2) is 35.1 Å². The van der Waals surface area contributed by atoms with Gasteiger partial charge in [-0.15, -0.1) is 0 Å². The zero-order valence-corrected chi connectivity index (χ0v) is 10.6. The van der Waals surface area contributed by atoms with Crippen LogP contribution < -0.4 is 5.32 Å². The summed E-state index contributed by atoms with van der Waals surface area (Å²) in [5.41, 5.74) is 3.62. The number of aryl methyl sites for hydroxylation is 2. The molecule has 18 heavy (non-hydrogen) atoms. The van der Waals surface area contributed by atoms with Crippen molar-refractivity contribution in [2.24, 2.45) is 0 Å². The number of furan rings is 1. The van der Waals surface area contributed by atoms with Crippen molar-refractivity contribution in [3.63, 3.8) is 0 Å². The molecule has 0 fully saturated rings. The Labute approximate surface area is 107 Å². The van der Waals surface area contributed by atoms with Gasteiger partial charge in [0.05, 0.1) is 12.0 Å². The number of rotatable bonds is 3. The van der Waals surface area contributed by atoms with Gasteiger partial charge in [0.2, 0.25) is 0 Å². The smallest absolute Gasteiger partial charge is 0.108 e. The standard InChI is InChI=1S/C15H18N2O/c1-11-5-6-12(16-9-11)10-17-14-3-2-4-15-13(14)7-8-18-15/h5-9,14,17H,2-4,10H2,1H3. The minimum atomic E-state index is 0.413. The molecule has 1 atom stereocenters. The highest BCUT2D eigenvalue weighted by Crippen LogP contribution is 2.30. The molecule has 0 aliphatic heterocycles. The second-order valence-corrected chi connectivity index (χ2v) is 4.95. The molecule has 0 bridgehead atoms. The molecule has 0 aromatic carbocycles. The first-order valence-electron chi connectivity index (χ1n) is 6.54. The lowest BCUT2D eigenvalue weighted by Crippen LogP contribution is -2.24. The van der Waals surface area contributed by atoms with Gasteiger partial charge in [-0.1, -0.05) is 6.07 Å². The summed E-state index contributed by atoms with van der Waals surface area (Å²) in [6, 6.07) is 6.69. The molecule has 1 N–H and O–H groups in total. The van der Waals surface area contributed by atoms with E-state index in [1.54, 1.807) is 6.26 Å². The summed E-state index contributed by atoms with van der Waals surface area (Å²) >= 11 is 0. The van der Waals surface area contributed by atoms with Crippen LogP contribution in [-0.4, -0.2) is 4.98 Å². The maximum Gasteiger partial charge on any atom is 0.108 e. The summed E-state index contributed by atoms with van der Waals surface area (Å²) in [6.45, 7) is 2.87. The zero-order chi connectivity index (χ0) is 12.4. The van der Waals surface area contributed by atoms with Crippen LogP contribution in [-0.2, 0) is 13.0 Å². The molecule has 0 saturated heterocycles. The van der Waals surface area contributed by atoms with Crippen molar-refractivity contribution >= 4 is 0 Å². The van der Waals surface area contributed by atoms with Crippen LogP contribution in [0.3, 0.4) is 0 Å². The van der Waals surface area contributed by atoms with E-state index in [1.807, 2.05) is 6.20 Å². The van der Waals surface area contributed by atoms with Crippen molar-refractivity contribution in [3.8, 4) is 0 Å². The van der Waals surface area contributed by atoms with Gasteiger partial charge in [-0.25, -0.2) is 0 Å². The quantitative estimate of drug-likeness (QED) is 0.898. The molecular weight excluding hydrogens is 224 g/mol. The average Bonchev–Trinajstić information content (AvgIpc) is 2.87. The van der Waals surface area contributed by atoms with E-state index in [-0.39, 0.29) is 0 Å². The second kappa shape index (κ2) is 4.94. The van der Waals surface area contributed by atoms with E-state index in [1.165, 1.54) is 24.0 Å². The number of hydrogen-bond acceptors (Lipinski definition) is 3. The Morgan fingerprint density at radius 2 is 2.33 bits per heavy atom. The van der Waals surface area contributed by atoms with Crippen molar-refractivity contribution in [1.29, 1.82) is 0 Å². The van der Waals surface area contributed by atoms with Gasteiger partial charge in [0, 0.05) is 30.8 Å². The maximum atomic E-state index is 5.50. The topological polar surface area (TPSA) is 38.1 Å². The number of hydrogen-bond donors (Lipinski definition) is 1. The Balaban J connectivity index is 1.66. The predicted molar refractivity (Wildman–Crippen MR) is 70.2 cm³/mol. The Morgan fingerprint density at radius 1 is 1.39 bits per heavy atom. The predicted octanol–water partition coefficient (Wildman–Crippen LogP) is 3.15. The lowest BCUT2D eigenvalue weighted by Gasteiger charge is -2.22. The van der Waals surface area contributed by atoms with Crippen LogP contribution in [0.4, 0.5) is 0 Å².